The second kappa shape index (κ2) is 17.1. The number of hydrogen-bond acceptors (Lipinski definition) is 3. The van der Waals surface area contributed by atoms with Crippen molar-refractivity contribution in [1.29, 1.82) is 0 Å². The van der Waals surface area contributed by atoms with Crippen molar-refractivity contribution in [2.45, 2.75) is 0 Å². The van der Waals surface area contributed by atoms with E-state index < -0.39 is 0 Å². The van der Waals surface area contributed by atoms with E-state index >= 15 is 0 Å². The standard InChI is InChI=1S/C78H45N3O3/c1-10-28-61-49(19-1)50-20-2-11-29-62(50)79(61)76-73(46-37-40-70-58(43-46)55-25-7-16-34-67(55)82-70)77(80-63-30-12-3-21-51(63)52-22-4-13-31-64(52)80)75(48-39-42-72-60(45-48)57-27-9-18-36-69(57)84-72)78(81-65-32-14-5-23-53(65)54-24-6-15-33-66(54)81)74(76)47-38-41-71-59(44-47)56-26-8-17-35-68(56)83-71/h1-45H. The number of aromatic nitrogens is 3. The Bertz CT molecular complexity index is 5250. The summed E-state index contributed by atoms with van der Waals surface area (Å²) in [5.41, 5.74) is 20.9. The van der Waals surface area contributed by atoms with Gasteiger partial charge in [0.2, 0.25) is 0 Å². The Labute approximate surface area is 479 Å². The summed E-state index contributed by atoms with van der Waals surface area (Å²) in [6, 6.07) is 99.5. The summed E-state index contributed by atoms with van der Waals surface area (Å²) in [5, 5.41) is 13.3. The lowest BCUT2D eigenvalue weighted by Crippen LogP contribution is -2.13. The fourth-order valence-electron chi connectivity index (χ4n) is 14.3. The van der Waals surface area contributed by atoms with E-state index in [1.807, 2.05) is 0 Å². The lowest BCUT2D eigenvalue weighted by atomic mass is 9.84. The molecule has 0 aliphatic rings. The first-order chi connectivity index (χ1) is 41.7. The number of para-hydroxylation sites is 9. The first-order valence-corrected chi connectivity index (χ1v) is 28.6. The highest BCUT2D eigenvalue weighted by atomic mass is 16.3. The van der Waals surface area contributed by atoms with Crippen molar-refractivity contribution in [3.63, 3.8) is 0 Å². The summed E-state index contributed by atoms with van der Waals surface area (Å²) >= 11 is 0. The number of hydrogen-bond donors (Lipinski definition) is 0. The van der Waals surface area contributed by atoms with E-state index in [1.54, 1.807) is 0 Å². The molecule has 0 saturated carbocycles. The lowest BCUT2D eigenvalue weighted by molar-refractivity contribution is 0.668. The predicted octanol–water partition coefficient (Wildman–Crippen LogP) is 21.7. The molecule has 0 bridgehead atoms. The van der Waals surface area contributed by atoms with E-state index in [0.29, 0.717) is 0 Å². The van der Waals surface area contributed by atoms with Gasteiger partial charge in [-0.1, -0.05) is 182 Å². The Balaban J connectivity index is 1.16. The van der Waals surface area contributed by atoms with Crippen molar-refractivity contribution in [3.05, 3.63) is 273 Å². The molecule has 13 aromatic carbocycles. The van der Waals surface area contributed by atoms with Crippen molar-refractivity contribution < 1.29 is 13.3 Å². The second-order valence-electron chi connectivity index (χ2n) is 22.2. The summed E-state index contributed by atoms with van der Waals surface area (Å²) in [4.78, 5) is 0. The van der Waals surface area contributed by atoms with Crippen LogP contribution in [0.5, 0.6) is 0 Å². The Morgan fingerprint density at radius 1 is 0.179 bits per heavy atom. The van der Waals surface area contributed by atoms with Crippen molar-refractivity contribution in [2.75, 3.05) is 0 Å². The zero-order valence-electron chi connectivity index (χ0n) is 45.0. The van der Waals surface area contributed by atoms with Gasteiger partial charge in [0.25, 0.3) is 0 Å². The van der Waals surface area contributed by atoms with Crippen LogP contribution in [0, 0.1) is 0 Å². The molecule has 0 N–H and O–H groups in total. The molecule has 0 spiro atoms. The number of fused-ring (bicyclic) bond motifs is 18. The van der Waals surface area contributed by atoms with Gasteiger partial charge in [0.1, 0.15) is 33.5 Å². The summed E-state index contributed by atoms with van der Waals surface area (Å²) in [5.74, 6) is 0. The summed E-state index contributed by atoms with van der Waals surface area (Å²) in [6.45, 7) is 0. The Hall–Kier alpha value is -11.3. The van der Waals surface area contributed by atoms with Gasteiger partial charge in [0.05, 0.1) is 50.2 Å². The molecule has 390 valence electrons. The minimum atomic E-state index is 0.828. The van der Waals surface area contributed by atoms with Crippen LogP contribution in [0.15, 0.2) is 286 Å². The van der Waals surface area contributed by atoms with E-state index in [-0.39, 0.29) is 0 Å². The molecule has 0 radical (unpaired) electrons. The minimum Gasteiger partial charge on any atom is -0.456 e. The van der Waals surface area contributed by atoms with Crippen molar-refractivity contribution in [2.24, 2.45) is 0 Å². The van der Waals surface area contributed by atoms with E-state index in [1.165, 1.54) is 0 Å². The average Bonchev–Trinajstić information content (AvgIpc) is 2.38. The van der Waals surface area contributed by atoms with Crippen LogP contribution >= 0.6 is 0 Å². The molecule has 0 aliphatic heterocycles. The van der Waals surface area contributed by atoms with Gasteiger partial charge in [-0.3, -0.25) is 0 Å². The molecule has 19 aromatic rings. The smallest absolute Gasteiger partial charge is 0.135 e. The molecule has 84 heavy (non-hydrogen) atoms. The van der Waals surface area contributed by atoms with E-state index in [2.05, 4.69) is 287 Å². The maximum absolute atomic E-state index is 6.72. The van der Waals surface area contributed by atoms with Crippen molar-refractivity contribution in [3.8, 4) is 50.4 Å². The van der Waals surface area contributed by atoms with Crippen molar-refractivity contribution >= 4 is 131 Å². The quantitative estimate of drug-likeness (QED) is 0.167. The van der Waals surface area contributed by atoms with Crippen LogP contribution in [-0.2, 0) is 0 Å². The third kappa shape index (κ3) is 6.23. The van der Waals surface area contributed by atoms with Crippen LogP contribution in [0.4, 0.5) is 0 Å². The predicted molar refractivity (Wildman–Crippen MR) is 348 cm³/mol. The molecule has 0 fully saturated rings. The maximum Gasteiger partial charge on any atom is 0.135 e. The summed E-state index contributed by atoms with van der Waals surface area (Å²) in [6.07, 6.45) is 0. The first kappa shape index (κ1) is 45.4. The molecule has 0 aliphatic carbocycles. The first-order valence-electron chi connectivity index (χ1n) is 28.6. The highest BCUT2D eigenvalue weighted by molar-refractivity contribution is 6.20. The molecule has 6 nitrogen and oxygen atoms in total. The van der Waals surface area contributed by atoms with E-state index in [4.69, 9.17) is 13.3 Å². The molecule has 6 heterocycles. The molecule has 19 rings (SSSR count). The zero-order chi connectivity index (χ0) is 54.7. The average molecular weight is 1070 g/mol. The largest absolute Gasteiger partial charge is 0.456 e. The van der Waals surface area contributed by atoms with Gasteiger partial charge in [0.15, 0.2) is 0 Å². The van der Waals surface area contributed by atoms with Gasteiger partial charge in [-0.05, 0) is 108 Å². The molecule has 6 aromatic heterocycles. The van der Waals surface area contributed by atoms with Crippen LogP contribution in [0.3, 0.4) is 0 Å². The molecule has 6 heteroatoms. The van der Waals surface area contributed by atoms with E-state index in [0.717, 1.165) is 182 Å². The van der Waals surface area contributed by atoms with Crippen molar-refractivity contribution in [1.82, 2.24) is 13.7 Å². The van der Waals surface area contributed by atoms with Crippen LogP contribution in [0.2, 0.25) is 0 Å². The van der Waals surface area contributed by atoms with Crippen LogP contribution < -0.4 is 0 Å². The summed E-state index contributed by atoms with van der Waals surface area (Å²) < 4.78 is 27.9. The third-order valence-electron chi connectivity index (χ3n) is 17.8. The molecule has 0 unspecified atom stereocenters. The monoisotopic (exact) mass is 1070 g/mol. The molecular formula is C78H45N3O3. The normalized spacial score (nSPS) is 12.3. The van der Waals surface area contributed by atoms with Gasteiger partial charge in [-0.2, -0.15) is 0 Å². The number of rotatable bonds is 6. The van der Waals surface area contributed by atoms with Gasteiger partial charge in [-0.25, -0.2) is 0 Å². The fraction of sp³-hybridized carbons (Fsp3) is 0. The zero-order valence-corrected chi connectivity index (χ0v) is 45.0. The molecule has 0 saturated heterocycles. The SMILES string of the molecule is c1ccc2c(c1)oc1ccc(-c3c(-n4c5ccccc5c5ccccc54)c(-c4ccc5oc6ccccc6c5c4)c(-n4c5ccccc5c5ccccc54)c(-c4ccc5oc6ccccc6c5c4)c3-n3c4ccccc4c4ccccc43)cc12. The molecule has 0 amide bonds. The second-order valence-corrected chi connectivity index (χ2v) is 22.2. The third-order valence-corrected chi connectivity index (χ3v) is 17.8. The van der Waals surface area contributed by atoms with Gasteiger partial charge in [-0.15, -0.1) is 0 Å². The highest BCUT2D eigenvalue weighted by Gasteiger charge is 2.35. The maximum atomic E-state index is 6.72. The Morgan fingerprint density at radius 3 is 0.631 bits per heavy atom. The van der Waals surface area contributed by atoms with Crippen LogP contribution in [0.1, 0.15) is 0 Å². The Kier molecular flexibility index (Phi) is 9.24. The summed E-state index contributed by atoms with van der Waals surface area (Å²) in [7, 11) is 0. The number of benzene rings is 13. The van der Waals surface area contributed by atoms with Gasteiger partial charge in [0, 0.05) is 81.3 Å². The van der Waals surface area contributed by atoms with Gasteiger partial charge >= 0.3 is 0 Å². The van der Waals surface area contributed by atoms with Crippen LogP contribution in [-0.4, -0.2) is 13.7 Å². The van der Waals surface area contributed by atoms with Gasteiger partial charge < -0.3 is 27.0 Å². The topological polar surface area (TPSA) is 54.2 Å². The highest BCUT2D eigenvalue weighted by Crippen LogP contribution is 2.56. The fourth-order valence-corrected chi connectivity index (χ4v) is 14.3. The minimum absolute atomic E-state index is 0.828. The Morgan fingerprint density at radius 2 is 0.381 bits per heavy atom. The lowest BCUT2D eigenvalue weighted by Gasteiger charge is -2.31. The molecular weight excluding hydrogens is 1030 g/mol. The van der Waals surface area contributed by atoms with E-state index in [9.17, 15) is 0 Å². The molecule has 0 atom stereocenters. The number of nitrogens with zero attached hydrogens (tertiary/aromatic N) is 3. The van der Waals surface area contributed by atoms with Crippen LogP contribution in [0.25, 0.3) is 182 Å². The number of furan rings is 3.